The van der Waals surface area contributed by atoms with Crippen molar-refractivity contribution in [2.75, 3.05) is 19.6 Å². The predicted molar refractivity (Wildman–Crippen MR) is 78.9 cm³/mol. The average Bonchev–Trinajstić information content (AvgIpc) is 2.50. The van der Waals surface area contributed by atoms with Crippen molar-refractivity contribution in [1.82, 2.24) is 10.2 Å². The lowest BCUT2D eigenvalue weighted by Gasteiger charge is -2.36. The molecule has 1 atom stereocenters. The standard InChI is InChI=1S/C17H20N2/c1-3-7-15(8-4-1)14-19-12-11-18-13-17(19)16-9-5-2-6-10-16/h1-10,17-18H,11-14H2/t17-/m1/s1. The number of rotatable bonds is 3. The summed E-state index contributed by atoms with van der Waals surface area (Å²) in [6.07, 6.45) is 0. The van der Waals surface area contributed by atoms with E-state index >= 15 is 0 Å². The fourth-order valence-electron chi connectivity index (χ4n) is 2.76. The molecule has 0 bridgehead atoms. The smallest absolute Gasteiger partial charge is 0.0476 e. The highest BCUT2D eigenvalue weighted by atomic mass is 15.2. The lowest BCUT2D eigenvalue weighted by molar-refractivity contribution is 0.154. The zero-order valence-electron chi connectivity index (χ0n) is 11.1. The highest BCUT2D eigenvalue weighted by Crippen LogP contribution is 2.23. The Morgan fingerprint density at radius 3 is 2.37 bits per heavy atom. The topological polar surface area (TPSA) is 15.3 Å². The third-order valence-electron chi connectivity index (χ3n) is 3.77. The van der Waals surface area contributed by atoms with Gasteiger partial charge in [-0.05, 0) is 11.1 Å². The summed E-state index contributed by atoms with van der Waals surface area (Å²) < 4.78 is 0. The van der Waals surface area contributed by atoms with Crippen LogP contribution in [0.15, 0.2) is 60.7 Å². The molecule has 0 spiro atoms. The first-order valence-corrected chi connectivity index (χ1v) is 6.97. The highest BCUT2D eigenvalue weighted by molar-refractivity contribution is 5.21. The van der Waals surface area contributed by atoms with E-state index in [4.69, 9.17) is 0 Å². The molecule has 0 aromatic heterocycles. The number of nitrogens with zero attached hydrogens (tertiary/aromatic N) is 1. The van der Waals surface area contributed by atoms with Crippen LogP contribution in [0.1, 0.15) is 17.2 Å². The molecule has 2 aromatic rings. The van der Waals surface area contributed by atoms with Crippen molar-refractivity contribution < 1.29 is 0 Å². The molecule has 1 heterocycles. The van der Waals surface area contributed by atoms with Crippen LogP contribution in [-0.2, 0) is 6.54 Å². The van der Waals surface area contributed by atoms with E-state index in [9.17, 15) is 0 Å². The van der Waals surface area contributed by atoms with Gasteiger partial charge in [0.15, 0.2) is 0 Å². The second-order valence-electron chi connectivity index (χ2n) is 5.09. The number of benzene rings is 2. The van der Waals surface area contributed by atoms with Gasteiger partial charge >= 0.3 is 0 Å². The molecule has 3 rings (SSSR count). The largest absolute Gasteiger partial charge is 0.314 e. The molecule has 1 saturated heterocycles. The molecule has 19 heavy (non-hydrogen) atoms. The molecule has 0 aliphatic carbocycles. The van der Waals surface area contributed by atoms with Gasteiger partial charge in [0.25, 0.3) is 0 Å². The van der Waals surface area contributed by atoms with Crippen molar-refractivity contribution in [2.24, 2.45) is 0 Å². The summed E-state index contributed by atoms with van der Waals surface area (Å²) >= 11 is 0. The molecule has 1 aliphatic rings. The minimum Gasteiger partial charge on any atom is -0.314 e. The van der Waals surface area contributed by atoms with E-state index in [1.54, 1.807) is 0 Å². The van der Waals surface area contributed by atoms with E-state index in [0.717, 1.165) is 26.2 Å². The van der Waals surface area contributed by atoms with Crippen molar-refractivity contribution >= 4 is 0 Å². The van der Waals surface area contributed by atoms with Crippen LogP contribution < -0.4 is 5.32 Å². The lowest BCUT2D eigenvalue weighted by atomic mass is 10.0. The van der Waals surface area contributed by atoms with Crippen LogP contribution in [-0.4, -0.2) is 24.5 Å². The van der Waals surface area contributed by atoms with Crippen LogP contribution in [0.2, 0.25) is 0 Å². The van der Waals surface area contributed by atoms with Crippen LogP contribution in [0.4, 0.5) is 0 Å². The first kappa shape index (κ1) is 12.4. The minimum absolute atomic E-state index is 0.482. The average molecular weight is 252 g/mol. The van der Waals surface area contributed by atoms with Crippen molar-refractivity contribution in [3.63, 3.8) is 0 Å². The third kappa shape index (κ3) is 3.03. The molecule has 0 saturated carbocycles. The maximum absolute atomic E-state index is 3.51. The maximum Gasteiger partial charge on any atom is 0.0476 e. The molecule has 2 aromatic carbocycles. The molecule has 0 unspecified atom stereocenters. The van der Waals surface area contributed by atoms with Gasteiger partial charge < -0.3 is 5.32 Å². The summed E-state index contributed by atoms with van der Waals surface area (Å²) in [5.41, 5.74) is 2.80. The summed E-state index contributed by atoms with van der Waals surface area (Å²) in [4.78, 5) is 2.57. The summed E-state index contributed by atoms with van der Waals surface area (Å²) in [5, 5.41) is 3.51. The molecule has 2 nitrogen and oxygen atoms in total. The highest BCUT2D eigenvalue weighted by Gasteiger charge is 2.23. The Balaban J connectivity index is 1.78. The molecule has 1 fully saturated rings. The van der Waals surface area contributed by atoms with E-state index in [1.165, 1.54) is 11.1 Å². The van der Waals surface area contributed by atoms with Crippen molar-refractivity contribution in [1.29, 1.82) is 0 Å². The molecule has 2 heteroatoms. The summed E-state index contributed by atoms with van der Waals surface area (Å²) in [6.45, 7) is 4.25. The quantitative estimate of drug-likeness (QED) is 0.903. The van der Waals surface area contributed by atoms with Gasteiger partial charge in [-0.3, -0.25) is 4.90 Å². The van der Waals surface area contributed by atoms with Crippen LogP contribution in [0, 0.1) is 0 Å². The van der Waals surface area contributed by atoms with E-state index in [1.807, 2.05) is 0 Å². The van der Waals surface area contributed by atoms with Gasteiger partial charge in [-0.2, -0.15) is 0 Å². The zero-order valence-corrected chi connectivity index (χ0v) is 11.1. The molecule has 0 radical (unpaired) electrons. The van der Waals surface area contributed by atoms with E-state index < -0.39 is 0 Å². The van der Waals surface area contributed by atoms with Gasteiger partial charge in [-0.15, -0.1) is 0 Å². The molecular weight excluding hydrogens is 232 g/mol. The second kappa shape index (κ2) is 6.00. The van der Waals surface area contributed by atoms with Gasteiger partial charge in [0.1, 0.15) is 0 Å². The Kier molecular flexibility index (Phi) is 3.92. The first-order chi connectivity index (χ1) is 9.43. The Hall–Kier alpha value is -1.64. The Bertz CT molecular complexity index is 495. The van der Waals surface area contributed by atoms with Crippen molar-refractivity contribution in [2.45, 2.75) is 12.6 Å². The second-order valence-corrected chi connectivity index (χ2v) is 5.09. The van der Waals surface area contributed by atoms with E-state index in [2.05, 4.69) is 70.9 Å². The van der Waals surface area contributed by atoms with Gasteiger partial charge in [0.2, 0.25) is 0 Å². The zero-order chi connectivity index (χ0) is 12.9. The van der Waals surface area contributed by atoms with Crippen LogP contribution in [0.3, 0.4) is 0 Å². The van der Waals surface area contributed by atoms with E-state index in [-0.39, 0.29) is 0 Å². The Morgan fingerprint density at radius 1 is 0.947 bits per heavy atom. The van der Waals surface area contributed by atoms with Crippen LogP contribution in [0.5, 0.6) is 0 Å². The number of hydrogen-bond donors (Lipinski definition) is 1. The lowest BCUT2D eigenvalue weighted by Crippen LogP contribution is -2.45. The number of nitrogens with one attached hydrogen (secondary N) is 1. The summed E-state index contributed by atoms with van der Waals surface area (Å²) in [7, 11) is 0. The van der Waals surface area contributed by atoms with Crippen molar-refractivity contribution in [3.8, 4) is 0 Å². The molecule has 1 aliphatic heterocycles. The number of piperazine rings is 1. The fraction of sp³-hybridized carbons (Fsp3) is 0.294. The maximum atomic E-state index is 3.51. The van der Waals surface area contributed by atoms with Crippen LogP contribution >= 0.6 is 0 Å². The first-order valence-electron chi connectivity index (χ1n) is 6.97. The fourth-order valence-corrected chi connectivity index (χ4v) is 2.76. The van der Waals surface area contributed by atoms with Crippen molar-refractivity contribution in [3.05, 3.63) is 71.8 Å². The van der Waals surface area contributed by atoms with Crippen LogP contribution in [0.25, 0.3) is 0 Å². The normalized spacial score (nSPS) is 20.3. The SMILES string of the molecule is c1ccc(CN2CCNC[C@@H]2c2ccccc2)cc1. The molecule has 0 amide bonds. The minimum atomic E-state index is 0.482. The molecular formula is C17H20N2. The summed E-state index contributed by atoms with van der Waals surface area (Å²) in [5.74, 6) is 0. The summed E-state index contributed by atoms with van der Waals surface area (Å²) in [6, 6.07) is 22.0. The van der Waals surface area contributed by atoms with Gasteiger partial charge in [0, 0.05) is 32.2 Å². The monoisotopic (exact) mass is 252 g/mol. The Morgan fingerprint density at radius 2 is 1.63 bits per heavy atom. The van der Waals surface area contributed by atoms with Gasteiger partial charge in [-0.25, -0.2) is 0 Å². The van der Waals surface area contributed by atoms with E-state index in [0.29, 0.717) is 6.04 Å². The third-order valence-corrected chi connectivity index (χ3v) is 3.77. The van der Waals surface area contributed by atoms with Gasteiger partial charge in [0.05, 0.1) is 0 Å². The molecule has 1 N–H and O–H groups in total. The molecule has 98 valence electrons. The predicted octanol–water partition coefficient (Wildman–Crippen LogP) is 2.83. The van der Waals surface area contributed by atoms with Gasteiger partial charge in [-0.1, -0.05) is 60.7 Å². The Labute approximate surface area is 115 Å². The number of hydrogen-bond acceptors (Lipinski definition) is 2.